The summed E-state index contributed by atoms with van der Waals surface area (Å²) in [5.41, 5.74) is 0.887. The fraction of sp³-hybridized carbons (Fsp3) is 0.680. The van der Waals surface area contributed by atoms with Crippen molar-refractivity contribution in [1.29, 1.82) is 0 Å². The van der Waals surface area contributed by atoms with Gasteiger partial charge in [-0.25, -0.2) is 4.79 Å². The Morgan fingerprint density at radius 1 is 0.900 bits per heavy atom. The molecule has 2 N–H and O–H groups in total. The van der Waals surface area contributed by atoms with Crippen LogP contribution in [0.2, 0.25) is 0 Å². The van der Waals surface area contributed by atoms with Crippen LogP contribution in [-0.4, -0.2) is 23.0 Å². The summed E-state index contributed by atoms with van der Waals surface area (Å²) in [6.45, 7) is 2.25. The third-order valence-electron chi connectivity index (χ3n) is 5.47. The number of carboxylic acid groups (broad SMARTS) is 1. The highest BCUT2D eigenvalue weighted by molar-refractivity contribution is 9.10. The number of carboxylic acids is 1. The number of carbonyl (C=O) groups excluding carboxylic acids is 1. The van der Waals surface area contributed by atoms with Gasteiger partial charge in [-0.2, -0.15) is 0 Å². The molecule has 1 aromatic rings. The van der Waals surface area contributed by atoms with Crippen LogP contribution in [0.1, 0.15) is 102 Å². The van der Waals surface area contributed by atoms with Gasteiger partial charge in [-0.3, -0.25) is 4.79 Å². The van der Waals surface area contributed by atoms with E-state index in [0.29, 0.717) is 12.8 Å². The number of halogens is 1. The minimum Gasteiger partial charge on any atom is -0.480 e. The Balaban J connectivity index is 2.05. The van der Waals surface area contributed by atoms with E-state index in [2.05, 4.69) is 28.2 Å². The summed E-state index contributed by atoms with van der Waals surface area (Å²) < 4.78 is 0.905. The molecule has 0 aliphatic heterocycles. The fourth-order valence-corrected chi connectivity index (χ4v) is 4.12. The quantitative estimate of drug-likeness (QED) is 0.221. The topological polar surface area (TPSA) is 66.4 Å². The molecule has 0 radical (unpaired) electrons. The smallest absolute Gasteiger partial charge is 0.326 e. The van der Waals surface area contributed by atoms with Crippen molar-refractivity contribution in [3.8, 4) is 0 Å². The Kier molecular flexibility index (Phi) is 15.4. The van der Waals surface area contributed by atoms with Gasteiger partial charge in [-0.05, 0) is 24.1 Å². The van der Waals surface area contributed by atoms with Crippen LogP contribution < -0.4 is 5.32 Å². The average molecular weight is 483 g/mol. The highest BCUT2D eigenvalue weighted by Crippen LogP contribution is 2.14. The van der Waals surface area contributed by atoms with Gasteiger partial charge >= 0.3 is 5.97 Å². The molecule has 5 heteroatoms. The average Bonchev–Trinajstić information content (AvgIpc) is 2.71. The third-order valence-corrected chi connectivity index (χ3v) is 5.96. The Morgan fingerprint density at radius 3 is 1.93 bits per heavy atom. The maximum absolute atomic E-state index is 12.1. The van der Waals surface area contributed by atoms with Crippen molar-refractivity contribution in [2.75, 3.05) is 0 Å². The number of rotatable bonds is 18. The number of nitrogens with one attached hydrogen (secondary N) is 1. The Hall–Kier alpha value is -1.36. The van der Waals surface area contributed by atoms with Crippen molar-refractivity contribution in [1.82, 2.24) is 5.32 Å². The minimum atomic E-state index is -0.992. The molecule has 30 heavy (non-hydrogen) atoms. The summed E-state index contributed by atoms with van der Waals surface area (Å²) in [4.78, 5) is 23.6. The molecule has 1 rings (SSSR count). The second-order valence-electron chi connectivity index (χ2n) is 8.29. The zero-order valence-electron chi connectivity index (χ0n) is 18.6. The highest BCUT2D eigenvalue weighted by Gasteiger charge is 2.20. The molecule has 1 amide bonds. The molecule has 4 nitrogen and oxygen atoms in total. The Morgan fingerprint density at radius 2 is 1.43 bits per heavy atom. The normalized spacial score (nSPS) is 11.9. The Bertz CT molecular complexity index is 606. The first kappa shape index (κ1) is 26.7. The van der Waals surface area contributed by atoms with Crippen LogP contribution in [0.3, 0.4) is 0 Å². The number of aliphatic carboxylic acids is 1. The lowest BCUT2D eigenvalue weighted by molar-refractivity contribution is -0.141. The maximum atomic E-state index is 12.1. The molecule has 1 atom stereocenters. The van der Waals surface area contributed by atoms with Crippen LogP contribution >= 0.6 is 15.9 Å². The van der Waals surface area contributed by atoms with Gasteiger partial charge in [0.15, 0.2) is 0 Å². The largest absolute Gasteiger partial charge is 0.480 e. The molecular weight excluding hydrogens is 442 g/mol. The van der Waals surface area contributed by atoms with E-state index in [1.54, 1.807) is 0 Å². The summed E-state index contributed by atoms with van der Waals surface area (Å²) in [5.74, 6) is -1.16. The molecule has 0 bridgehead atoms. The number of hydrogen-bond donors (Lipinski definition) is 2. The lowest BCUT2D eigenvalue weighted by atomic mass is 10.0. The molecule has 0 saturated heterocycles. The first-order valence-electron chi connectivity index (χ1n) is 11.8. The van der Waals surface area contributed by atoms with Crippen molar-refractivity contribution < 1.29 is 14.7 Å². The molecule has 0 aromatic heterocycles. The van der Waals surface area contributed by atoms with E-state index in [9.17, 15) is 14.7 Å². The summed E-state index contributed by atoms with van der Waals surface area (Å²) in [5, 5.41) is 12.1. The van der Waals surface area contributed by atoms with E-state index in [4.69, 9.17) is 0 Å². The van der Waals surface area contributed by atoms with Crippen LogP contribution in [0.4, 0.5) is 0 Å². The molecule has 0 saturated carbocycles. The van der Waals surface area contributed by atoms with Crippen LogP contribution in [0.15, 0.2) is 28.7 Å². The zero-order chi connectivity index (χ0) is 22.0. The van der Waals surface area contributed by atoms with E-state index >= 15 is 0 Å². The molecule has 0 fully saturated rings. The predicted octanol–water partition coefficient (Wildman–Crippen LogP) is 7.04. The second-order valence-corrected chi connectivity index (χ2v) is 9.20. The SMILES string of the molecule is CCCCCCCCCCCCCCCC(=O)N[C@@H](Cc1cccc(Br)c1)C(=O)O. The van der Waals surface area contributed by atoms with Crippen molar-refractivity contribution in [3.05, 3.63) is 34.3 Å². The Labute approximate surface area is 191 Å². The van der Waals surface area contributed by atoms with Gasteiger partial charge < -0.3 is 10.4 Å². The fourth-order valence-electron chi connectivity index (χ4n) is 3.67. The van der Waals surface area contributed by atoms with Gasteiger partial charge in [0.2, 0.25) is 5.91 Å². The van der Waals surface area contributed by atoms with E-state index in [-0.39, 0.29) is 5.91 Å². The molecule has 1 aromatic carbocycles. The first-order valence-corrected chi connectivity index (χ1v) is 12.6. The van der Waals surface area contributed by atoms with Crippen molar-refractivity contribution in [2.45, 2.75) is 109 Å². The van der Waals surface area contributed by atoms with Crippen LogP contribution in [0, 0.1) is 0 Å². The van der Waals surface area contributed by atoms with Crippen LogP contribution in [0.25, 0.3) is 0 Å². The second kappa shape index (κ2) is 17.3. The number of benzene rings is 1. The summed E-state index contributed by atoms with van der Waals surface area (Å²) in [6.07, 6.45) is 17.1. The minimum absolute atomic E-state index is 0.166. The summed E-state index contributed by atoms with van der Waals surface area (Å²) >= 11 is 3.39. The van der Waals surface area contributed by atoms with Gasteiger partial charge in [-0.1, -0.05) is 112 Å². The van der Waals surface area contributed by atoms with Crippen LogP contribution in [-0.2, 0) is 16.0 Å². The van der Waals surface area contributed by atoms with Crippen LogP contribution in [0.5, 0.6) is 0 Å². The maximum Gasteiger partial charge on any atom is 0.326 e. The van der Waals surface area contributed by atoms with E-state index < -0.39 is 12.0 Å². The van der Waals surface area contributed by atoms with Gasteiger partial charge in [-0.15, -0.1) is 0 Å². The summed E-state index contributed by atoms with van der Waals surface area (Å²) in [7, 11) is 0. The van der Waals surface area contributed by atoms with E-state index in [1.165, 1.54) is 64.2 Å². The van der Waals surface area contributed by atoms with Crippen molar-refractivity contribution >= 4 is 27.8 Å². The molecular formula is C25H40BrNO3. The number of unbranched alkanes of at least 4 members (excludes halogenated alkanes) is 12. The number of amides is 1. The predicted molar refractivity (Wildman–Crippen MR) is 128 cm³/mol. The lowest BCUT2D eigenvalue weighted by Crippen LogP contribution is -2.42. The molecule has 0 aliphatic carbocycles. The molecule has 0 spiro atoms. The molecule has 0 heterocycles. The van der Waals surface area contributed by atoms with Gasteiger partial charge in [0, 0.05) is 17.3 Å². The number of carbonyl (C=O) groups is 2. The van der Waals surface area contributed by atoms with Gasteiger partial charge in [0.05, 0.1) is 0 Å². The zero-order valence-corrected chi connectivity index (χ0v) is 20.2. The molecule has 170 valence electrons. The van der Waals surface area contributed by atoms with Crippen molar-refractivity contribution in [2.24, 2.45) is 0 Å². The number of hydrogen-bond acceptors (Lipinski definition) is 2. The molecule has 0 aliphatic rings. The standard InChI is InChI=1S/C25H40BrNO3/c1-2-3-4-5-6-7-8-9-10-11-12-13-14-18-24(28)27-23(25(29)30)20-21-16-15-17-22(26)19-21/h15-17,19,23H,2-14,18,20H2,1H3,(H,27,28)(H,29,30)/t23-/m0/s1. The molecule has 0 unspecified atom stereocenters. The lowest BCUT2D eigenvalue weighted by Gasteiger charge is -2.15. The highest BCUT2D eigenvalue weighted by atomic mass is 79.9. The van der Waals surface area contributed by atoms with E-state index in [1.807, 2.05) is 24.3 Å². The summed E-state index contributed by atoms with van der Waals surface area (Å²) in [6, 6.07) is 6.64. The third kappa shape index (κ3) is 13.8. The monoisotopic (exact) mass is 481 g/mol. The van der Waals surface area contributed by atoms with Crippen molar-refractivity contribution in [3.63, 3.8) is 0 Å². The van der Waals surface area contributed by atoms with E-state index in [0.717, 1.165) is 29.3 Å². The van der Waals surface area contributed by atoms with Gasteiger partial charge in [0.1, 0.15) is 6.04 Å². The first-order chi connectivity index (χ1) is 14.5. The van der Waals surface area contributed by atoms with Gasteiger partial charge in [0.25, 0.3) is 0 Å².